The Balaban J connectivity index is 1.62. The molecule has 0 aliphatic carbocycles. The van der Waals surface area contributed by atoms with E-state index in [1.54, 1.807) is 6.07 Å². The average molecular weight is 477 g/mol. The first-order valence-electron chi connectivity index (χ1n) is 9.25. The van der Waals surface area contributed by atoms with Crippen LogP contribution in [0.25, 0.3) is 0 Å². The maximum atomic E-state index is 12.1. The minimum atomic E-state index is -0.643. The molecule has 0 aliphatic rings. The minimum Gasteiger partial charge on any atom is -0.482 e. The molecule has 0 saturated carbocycles. The molecular weight excluding hydrogens is 459 g/mol. The number of ether oxygens (including phenoxy) is 1. The molecule has 3 rings (SSSR count). The van der Waals surface area contributed by atoms with Crippen LogP contribution in [-0.4, -0.2) is 27.4 Å². The van der Waals surface area contributed by atoms with Crippen LogP contribution in [0.2, 0.25) is 10.0 Å². The Labute approximate surface area is 193 Å². The van der Waals surface area contributed by atoms with Gasteiger partial charge in [0.05, 0.1) is 9.95 Å². The molecule has 0 atom stereocenters. The Morgan fingerprint density at radius 3 is 2.53 bits per heavy atom. The number of rotatable bonds is 9. The molecule has 166 valence electrons. The number of benzene rings is 2. The van der Waals surface area contributed by atoms with Crippen LogP contribution in [0.5, 0.6) is 5.75 Å². The van der Waals surface area contributed by atoms with E-state index in [0.29, 0.717) is 11.6 Å². The topological polar surface area (TPSA) is 131 Å². The molecule has 32 heavy (non-hydrogen) atoms. The van der Waals surface area contributed by atoms with E-state index >= 15 is 0 Å². The summed E-state index contributed by atoms with van der Waals surface area (Å²) >= 11 is 11.8. The second kappa shape index (κ2) is 10.6. The Morgan fingerprint density at radius 2 is 1.84 bits per heavy atom. The van der Waals surface area contributed by atoms with Gasteiger partial charge in [-0.3, -0.25) is 25.8 Å². The van der Waals surface area contributed by atoms with Crippen LogP contribution in [0.1, 0.15) is 11.1 Å². The van der Waals surface area contributed by atoms with E-state index in [0.717, 1.165) is 17.5 Å². The lowest BCUT2D eigenvalue weighted by molar-refractivity contribution is -0.383. The molecule has 3 N–H and O–H groups in total. The van der Waals surface area contributed by atoms with Crippen molar-refractivity contribution < 1.29 is 14.5 Å². The van der Waals surface area contributed by atoms with Crippen LogP contribution < -0.4 is 20.9 Å². The summed E-state index contributed by atoms with van der Waals surface area (Å²) in [6.45, 7) is 1.89. The zero-order chi connectivity index (χ0) is 23.1. The van der Waals surface area contributed by atoms with Crippen LogP contribution in [0.3, 0.4) is 0 Å². The van der Waals surface area contributed by atoms with E-state index in [1.807, 2.05) is 31.2 Å². The highest BCUT2D eigenvalue weighted by molar-refractivity contribution is 6.35. The number of hydrogen-bond acceptors (Lipinski definition) is 8. The lowest BCUT2D eigenvalue weighted by Gasteiger charge is -2.12. The van der Waals surface area contributed by atoms with Gasteiger partial charge >= 0.3 is 5.69 Å². The van der Waals surface area contributed by atoms with E-state index in [4.69, 9.17) is 27.9 Å². The summed E-state index contributed by atoms with van der Waals surface area (Å²) in [5, 5.41) is 15.2. The number of anilines is 2. The molecule has 0 spiro atoms. The third-order valence-corrected chi connectivity index (χ3v) is 4.69. The van der Waals surface area contributed by atoms with Crippen molar-refractivity contribution in [2.45, 2.75) is 13.5 Å². The van der Waals surface area contributed by atoms with Crippen molar-refractivity contribution in [2.24, 2.45) is 0 Å². The van der Waals surface area contributed by atoms with Crippen LogP contribution in [0.4, 0.5) is 17.3 Å². The number of aryl methyl sites for hydroxylation is 1. The average Bonchev–Trinajstić information content (AvgIpc) is 2.76. The molecule has 0 radical (unpaired) electrons. The highest BCUT2D eigenvalue weighted by Gasteiger charge is 2.23. The fourth-order valence-corrected chi connectivity index (χ4v) is 3.03. The number of halogens is 2. The first kappa shape index (κ1) is 23.0. The van der Waals surface area contributed by atoms with Crippen molar-refractivity contribution in [1.82, 2.24) is 15.4 Å². The Hall–Kier alpha value is -3.63. The number of carbonyl (C=O) groups excluding carboxylic acids is 1. The first-order valence-corrected chi connectivity index (χ1v) is 10.0. The number of nitrogens with zero attached hydrogens (tertiary/aromatic N) is 3. The second-order valence-corrected chi connectivity index (χ2v) is 7.40. The first-order chi connectivity index (χ1) is 15.3. The van der Waals surface area contributed by atoms with E-state index in [-0.39, 0.29) is 22.4 Å². The number of nitrogens with one attached hydrogen (secondary N) is 3. The fourth-order valence-electron chi connectivity index (χ4n) is 2.56. The van der Waals surface area contributed by atoms with Gasteiger partial charge in [-0.15, -0.1) is 0 Å². The largest absolute Gasteiger partial charge is 0.482 e. The number of amides is 1. The molecule has 0 bridgehead atoms. The standard InChI is InChI=1S/C20H18Cl2N6O4/c1-12-2-4-13(5-3-12)9-23-19-18(28(30)31)20(25-11-24-19)27-26-17(29)10-32-16-7-6-14(21)8-15(16)22/h2-8,11H,9-10H2,1H3,(H,26,29)(H2,23,24,25,27). The van der Waals surface area contributed by atoms with Crippen molar-refractivity contribution in [3.05, 3.63) is 80.1 Å². The molecule has 0 saturated heterocycles. The van der Waals surface area contributed by atoms with Gasteiger partial charge in [0.1, 0.15) is 12.1 Å². The zero-order valence-corrected chi connectivity index (χ0v) is 18.3. The van der Waals surface area contributed by atoms with Gasteiger partial charge < -0.3 is 10.1 Å². The summed E-state index contributed by atoms with van der Waals surface area (Å²) in [5.41, 5.74) is 6.34. The predicted octanol–water partition coefficient (Wildman–Crippen LogP) is 4.13. The third kappa shape index (κ3) is 6.19. The number of hydrazine groups is 1. The lowest BCUT2D eigenvalue weighted by atomic mass is 10.1. The lowest BCUT2D eigenvalue weighted by Crippen LogP contribution is -2.34. The molecular formula is C20H18Cl2N6O4. The van der Waals surface area contributed by atoms with Crippen molar-refractivity contribution in [3.63, 3.8) is 0 Å². The molecule has 12 heteroatoms. The molecule has 1 amide bonds. The maximum Gasteiger partial charge on any atom is 0.354 e. The van der Waals surface area contributed by atoms with Crippen LogP contribution >= 0.6 is 23.2 Å². The quantitative estimate of drug-likeness (QED) is 0.310. The van der Waals surface area contributed by atoms with Gasteiger partial charge in [-0.2, -0.15) is 0 Å². The summed E-state index contributed by atoms with van der Waals surface area (Å²) in [7, 11) is 0. The normalized spacial score (nSPS) is 10.3. The van der Waals surface area contributed by atoms with Crippen molar-refractivity contribution in [2.75, 3.05) is 17.3 Å². The summed E-state index contributed by atoms with van der Waals surface area (Å²) < 4.78 is 5.32. The maximum absolute atomic E-state index is 12.1. The Bertz CT molecular complexity index is 1130. The number of hydrogen-bond donors (Lipinski definition) is 3. The van der Waals surface area contributed by atoms with Gasteiger partial charge in [-0.1, -0.05) is 53.0 Å². The summed E-state index contributed by atoms with van der Waals surface area (Å²) in [5.74, 6) is -0.527. The molecule has 0 unspecified atom stereocenters. The smallest absolute Gasteiger partial charge is 0.354 e. The van der Waals surface area contributed by atoms with Gasteiger partial charge in [0.2, 0.25) is 11.6 Å². The van der Waals surface area contributed by atoms with E-state index < -0.39 is 23.1 Å². The number of nitro groups is 1. The fraction of sp³-hybridized carbons (Fsp3) is 0.150. The Morgan fingerprint density at radius 1 is 1.12 bits per heavy atom. The summed E-state index contributed by atoms with van der Waals surface area (Å²) in [6.07, 6.45) is 1.14. The van der Waals surface area contributed by atoms with Gasteiger partial charge in [0, 0.05) is 11.6 Å². The van der Waals surface area contributed by atoms with Gasteiger partial charge in [0.15, 0.2) is 6.61 Å². The van der Waals surface area contributed by atoms with E-state index in [2.05, 4.69) is 26.1 Å². The Kier molecular flexibility index (Phi) is 7.63. The van der Waals surface area contributed by atoms with E-state index in [9.17, 15) is 14.9 Å². The molecule has 10 nitrogen and oxygen atoms in total. The van der Waals surface area contributed by atoms with Crippen molar-refractivity contribution >= 4 is 46.4 Å². The SMILES string of the molecule is Cc1ccc(CNc2ncnc(NNC(=O)COc3ccc(Cl)cc3Cl)c2[N+](=O)[O-])cc1. The second-order valence-electron chi connectivity index (χ2n) is 6.55. The minimum absolute atomic E-state index is 0.00604. The van der Waals surface area contributed by atoms with Gasteiger partial charge in [-0.05, 0) is 30.7 Å². The summed E-state index contributed by atoms with van der Waals surface area (Å²) in [6, 6.07) is 12.2. The molecule has 0 fully saturated rings. The van der Waals surface area contributed by atoms with Crippen molar-refractivity contribution in [1.29, 1.82) is 0 Å². The van der Waals surface area contributed by atoms with E-state index in [1.165, 1.54) is 12.1 Å². The molecule has 1 aromatic heterocycles. The monoisotopic (exact) mass is 476 g/mol. The van der Waals surface area contributed by atoms with Crippen molar-refractivity contribution in [3.8, 4) is 5.75 Å². The highest BCUT2D eigenvalue weighted by Crippen LogP contribution is 2.29. The zero-order valence-electron chi connectivity index (χ0n) is 16.8. The van der Waals surface area contributed by atoms with Crippen LogP contribution in [-0.2, 0) is 11.3 Å². The molecule has 2 aromatic carbocycles. The molecule has 0 aliphatic heterocycles. The van der Waals surface area contributed by atoms with Crippen LogP contribution in [0.15, 0.2) is 48.8 Å². The molecule has 1 heterocycles. The highest BCUT2D eigenvalue weighted by atomic mass is 35.5. The predicted molar refractivity (Wildman–Crippen MR) is 121 cm³/mol. The third-order valence-electron chi connectivity index (χ3n) is 4.16. The van der Waals surface area contributed by atoms with Gasteiger partial charge in [-0.25, -0.2) is 9.97 Å². The number of aromatic nitrogens is 2. The molecule has 3 aromatic rings. The van der Waals surface area contributed by atoms with Gasteiger partial charge in [0.25, 0.3) is 5.91 Å². The number of carbonyl (C=O) groups is 1. The summed E-state index contributed by atoms with van der Waals surface area (Å²) in [4.78, 5) is 30.8. The van der Waals surface area contributed by atoms with Crippen LogP contribution in [0, 0.1) is 17.0 Å².